The first-order valence-corrected chi connectivity index (χ1v) is 6.75. The number of aryl methyl sites for hydroxylation is 1. The van der Waals surface area contributed by atoms with Crippen LogP contribution in [0.25, 0.3) is 0 Å². The maximum Gasteiger partial charge on any atom is 0.212 e. The molecule has 0 unspecified atom stereocenters. The van der Waals surface area contributed by atoms with Crippen LogP contribution in [0.5, 0.6) is 5.88 Å². The molecule has 0 saturated carbocycles. The van der Waals surface area contributed by atoms with E-state index >= 15 is 0 Å². The standard InChI is InChI=1S/C14H26N2O/c1-6-7-8-16-14(17)12(9-10(2)3)13(15-16)11(4)5/h10-11,17H,6-9H2,1-5H3. The molecular formula is C14H26N2O. The maximum absolute atomic E-state index is 10.2. The minimum Gasteiger partial charge on any atom is -0.493 e. The Kier molecular flexibility index (Phi) is 5.03. The molecular weight excluding hydrogens is 212 g/mol. The number of aromatic hydroxyl groups is 1. The Morgan fingerprint density at radius 1 is 1.24 bits per heavy atom. The van der Waals surface area contributed by atoms with E-state index in [0.29, 0.717) is 17.7 Å². The van der Waals surface area contributed by atoms with E-state index < -0.39 is 0 Å². The van der Waals surface area contributed by atoms with Gasteiger partial charge >= 0.3 is 0 Å². The van der Waals surface area contributed by atoms with Gasteiger partial charge in [0.2, 0.25) is 5.88 Å². The molecule has 0 fully saturated rings. The van der Waals surface area contributed by atoms with Crippen molar-refractivity contribution in [3.8, 4) is 5.88 Å². The molecule has 0 aliphatic carbocycles. The molecule has 3 heteroatoms. The van der Waals surface area contributed by atoms with Gasteiger partial charge in [-0.3, -0.25) is 0 Å². The third kappa shape index (κ3) is 3.48. The zero-order valence-electron chi connectivity index (χ0n) is 11.8. The third-order valence-electron chi connectivity index (χ3n) is 2.93. The summed E-state index contributed by atoms with van der Waals surface area (Å²) >= 11 is 0. The number of hydrogen-bond donors (Lipinski definition) is 1. The lowest BCUT2D eigenvalue weighted by Gasteiger charge is -2.07. The molecule has 1 rings (SSSR count). The molecule has 0 aliphatic heterocycles. The Morgan fingerprint density at radius 2 is 1.88 bits per heavy atom. The first-order valence-electron chi connectivity index (χ1n) is 6.75. The van der Waals surface area contributed by atoms with Crippen LogP contribution in [0.3, 0.4) is 0 Å². The molecule has 0 radical (unpaired) electrons. The van der Waals surface area contributed by atoms with Gasteiger partial charge in [0.1, 0.15) is 0 Å². The van der Waals surface area contributed by atoms with Crippen molar-refractivity contribution in [2.45, 2.75) is 66.3 Å². The van der Waals surface area contributed by atoms with E-state index in [1.807, 2.05) is 0 Å². The SMILES string of the molecule is CCCCn1nc(C(C)C)c(CC(C)C)c1O. The minimum absolute atomic E-state index is 0.373. The van der Waals surface area contributed by atoms with Crippen molar-refractivity contribution >= 4 is 0 Å². The van der Waals surface area contributed by atoms with E-state index in [1.54, 1.807) is 4.68 Å². The first-order chi connectivity index (χ1) is 7.97. The van der Waals surface area contributed by atoms with E-state index in [4.69, 9.17) is 0 Å². The molecule has 0 bridgehead atoms. The van der Waals surface area contributed by atoms with E-state index in [1.165, 1.54) is 0 Å². The summed E-state index contributed by atoms with van der Waals surface area (Å²) in [6, 6.07) is 0. The summed E-state index contributed by atoms with van der Waals surface area (Å²) in [6.07, 6.45) is 3.09. The third-order valence-corrected chi connectivity index (χ3v) is 2.93. The molecule has 1 heterocycles. The highest BCUT2D eigenvalue weighted by Gasteiger charge is 2.19. The molecule has 1 aromatic rings. The average molecular weight is 238 g/mol. The van der Waals surface area contributed by atoms with Crippen molar-refractivity contribution in [3.05, 3.63) is 11.3 Å². The molecule has 1 aromatic heterocycles. The summed E-state index contributed by atoms with van der Waals surface area (Å²) < 4.78 is 1.77. The van der Waals surface area contributed by atoms with Gasteiger partial charge in [-0.05, 0) is 24.7 Å². The van der Waals surface area contributed by atoms with Crippen LogP contribution in [-0.2, 0) is 13.0 Å². The normalized spacial score (nSPS) is 11.7. The Hall–Kier alpha value is -0.990. The van der Waals surface area contributed by atoms with Crippen LogP contribution < -0.4 is 0 Å². The summed E-state index contributed by atoms with van der Waals surface area (Å²) in [4.78, 5) is 0. The zero-order valence-corrected chi connectivity index (χ0v) is 11.8. The van der Waals surface area contributed by atoms with E-state index in [2.05, 4.69) is 39.7 Å². The highest BCUT2D eigenvalue weighted by Crippen LogP contribution is 2.29. The van der Waals surface area contributed by atoms with Gasteiger partial charge in [-0.25, -0.2) is 4.68 Å². The van der Waals surface area contributed by atoms with Gasteiger partial charge in [0.15, 0.2) is 0 Å². The lowest BCUT2D eigenvalue weighted by atomic mass is 9.98. The van der Waals surface area contributed by atoms with Crippen LogP contribution in [0.2, 0.25) is 0 Å². The second kappa shape index (κ2) is 6.08. The van der Waals surface area contributed by atoms with Gasteiger partial charge in [0, 0.05) is 12.1 Å². The van der Waals surface area contributed by atoms with Crippen molar-refractivity contribution in [3.63, 3.8) is 0 Å². The van der Waals surface area contributed by atoms with Crippen molar-refractivity contribution < 1.29 is 5.11 Å². The topological polar surface area (TPSA) is 38.0 Å². The van der Waals surface area contributed by atoms with Crippen molar-refractivity contribution in [2.24, 2.45) is 5.92 Å². The van der Waals surface area contributed by atoms with Gasteiger partial charge in [-0.15, -0.1) is 0 Å². The molecule has 17 heavy (non-hydrogen) atoms. The quantitative estimate of drug-likeness (QED) is 0.820. The fourth-order valence-electron chi connectivity index (χ4n) is 2.04. The summed E-state index contributed by atoms with van der Waals surface area (Å²) in [5.41, 5.74) is 2.11. The molecule has 1 N–H and O–H groups in total. The minimum atomic E-state index is 0.373. The smallest absolute Gasteiger partial charge is 0.212 e. The number of unbranched alkanes of at least 4 members (excludes halogenated alkanes) is 1. The fourth-order valence-corrected chi connectivity index (χ4v) is 2.04. The number of rotatable bonds is 6. The van der Waals surface area contributed by atoms with Crippen LogP contribution in [0, 0.1) is 5.92 Å². The summed E-state index contributed by atoms with van der Waals surface area (Å²) in [7, 11) is 0. The Morgan fingerprint density at radius 3 is 2.35 bits per heavy atom. The molecule has 0 spiro atoms. The number of hydrogen-bond acceptors (Lipinski definition) is 2. The predicted octanol–water partition coefficient (Wildman–Crippen LogP) is 3.71. The molecule has 0 aromatic carbocycles. The van der Waals surface area contributed by atoms with E-state index in [-0.39, 0.29) is 0 Å². The Labute approximate surface area is 105 Å². The summed E-state index contributed by atoms with van der Waals surface area (Å²) in [5, 5.41) is 14.8. The Bertz CT molecular complexity index is 353. The predicted molar refractivity (Wildman–Crippen MR) is 71.4 cm³/mol. The largest absolute Gasteiger partial charge is 0.493 e. The van der Waals surface area contributed by atoms with Gasteiger partial charge in [0.25, 0.3) is 0 Å². The molecule has 0 amide bonds. The van der Waals surface area contributed by atoms with Crippen LogP contribution in [0.1, 0.15) is 64.6 Å². The zero-order chi connectivity index (χ0) is 13.0. The fraction of sp³-hybridized carbons (Fsp3) is 0.786. The van der Waals surface area contributed by atoms with Gasteiger partial charge in [0.05, 0.1) is 5.69 Å². The van der Waals surface area contributed by atoms with Crippen LogP contribution in [0.4, 0.5) is 0 Å². The van der Waals surface area contributed by atoms with Crippen LogP contribution >= 0.6 is 0 Å². The van der Waals surface area contributed by atoms with Crippen molar-refractivity contribution in [2.75, 3.05) is 0 Å². The number of nitrogens with zero attached hydrogens (tertiary/aromatic N) is 2. The molecule has 98 valence electrons. The van der Waals surface area contributed by atoms with E-state index in [0.717, 1.165) is 37.1 Å². The van der Waals surface area contributed by atoms with Crippen molar-refractivity contribution in [1.82, 2.24) is 9.78 Å². The highest BCUT2D eigenvalue weighted by atomic mass is 16.3. The lowest BCUT2D eigenvalue weighted by molar-refractivity contribution is 0.387. The van der Waals surface area contributed by atoms with Gasteiger partial charge in [-0.2, -0.15) is 5.10 Å². The number of aromatic nitrogens is 2. The van der Waals surface area contributed by atoms with Gasteiger partial charge in [-0.1, -0.05) is 41.0 Å². The summed E-state index contributed by atoms with van der Waals surface area (Å²) in [6.45, 7) is 11.6. The lowest BCUT2D eigenvalue weighted by Crippen LogP contribution is -2.00. The maximum atomic E-state index is 10.2. The summed E-state index contributed by atoms with van der Waals surface area (Å²) in [5.74, 6) is 1.30. The Balaban J connectivity index is 3.02. The van der Waals surface area contributed by atoms with E-state index in [9.17, 15) is 5.11 Å². The first kappa shape index (κ1) is 14.1. The monoisotopic (exact) mass is 238 g/mol. The molecule has 0 saturated heterocycles. The molecule has 3 nitrogen and oxygen atoms in total. The highest BCUT2D eigenvalue weighted by molar-refractivity contribution is 5.33. The van der Waals surface area contributed by atoms with Gasteiger partial charge < -0.3 is 5.11 Å². The van der Waals surface area contributed by atoms with Crippen LogP contribution in [-0.4, -0.2) is 14.9 Å². The van der Waals surface area contributed by atoms with Crippen LogP contribution in [0.15, 0.2) is 0 Å². The molecule has 0 atom stereocenters. The van der Waals surface area contributed by atoms with Crippen molar-refractivity contribution in [1.29, 1.82) is 0 Å². The second-order valence-corrected chi connectivity index (χ2v) is 5.52. The molecule has 0 aliphatic rings. The average Bonchev–Trinajstić information content (AvgIpc) is 2.53. The second-order valence-electron chi connectivity index (χ2n) is 5.52.